The Morgan fingerprint density at radius 1 is 1.14 bits per heavy atom. The zero-order valence-electron chi connectivity index (χ0n) is 16.6. The average Bonchev–Trinajstić information content (AvgIpc) is 2.71. The molecule has 1 aromatic heterocycles. The molecule has 2 aromatic rings. The van der Waals surface area contributed by atoms with Gasteiger partial charge in [0.15, 0.2) is 5.96 Å². The van der Waals surface area contributed by atoms with Crippen molar-refractivity contribution in [2.45, 2.75) is 20.4 Å². The van der Waals surface area contributed by atoms with Crippen LogP contribution >= 0.6 is 0 Å². The smallest absolute Gasteiger partial charge is 0.188 e. The van der Waals surface area contributed by atoms with E-state index in [-0.39, 0.29) is 5.82 Å². The summed E-state index contributed by atoms with van der Waals surface area (Å²) in [5, 5.41) is 3.13. The number of guanidine groups is 1. The Bertz CT molecular complexity index is 782. The number of nitrogens with one attached hydrogen (secondary N) is 1. The summed E-state index contributed by atoms with van der Waals surface area (Å²) in [7, 11) is 0. The van der Waals surface area contributed by atoms with Crippen LogP contribution in [0.4, 0.5) is 15.9 Å². The molecule has 0 spiro atoms. The number of piperazine rings is 1. The number of pyridine rings is 1. The van der Waals surface area contributed by atoms with E-state index in [9.17, 15) is 4.39 Å². The standard InChI is InChI=1S/C21H29FN6/c1-16(2)14-25-21(23)26-15-17-7-8-24-20(13-17)28-11-9-27(10-12-28)19-5-3-18(22)4-6-19/h3-8,13,16H,9-12,14-15H2,1-2H3,(H3,23,25,26). The maximum atomic E-state index is 13.1. The van der Waals surface area contributed by atoms with Crippen LogP contribution < -0.4 is 20.9 Å². The Morgan fingerprint density at radius 2 is 1.82 bits per heavy atom. The molecule has 1 aromatic carbocycles. The lowest BCUT2D eigenvalue weighted by Crippen LogP contribution is -2.46. The first-order valence-electron chi connectivity index (χ1n) is 9.75. The van der Waals surface area contributed by atoms with Crippen molar-refractivity contribution in [1.29, 1.82) is 0 Å². The molecule has 1 aliphatic heterocycles. The summed E-state index contributed by atoms with van der Waals surface area (Å²) < 4.78 is 13.1. The molecule has 1 fully saturated rings. The Labute approximate surface area is 166 Å². The molecule has 0 saturated carbocycles. The molecule has 0 bridgehead atoms. The van der Waals surface area contributed by atoms with E-state index < -0.39 is 0 Å². The SMILES string of the molecule is CC(C)CNC(N)=NCc1ccnc(N2CCN(c3ccc(F)cc3)CC2)c1. The fraction of sp³-hybridized carbons (Fsp3) is 0.429. The third kappa shape index (κ3) is 5.58. The first kappa shape index (κ1) is 19.9. The zero-order valence-corrected chi connectivity index (χ0v) is 16.6. The van der Waals surface area contributed by atoms with Crippen molar-refractivity contribution in [2.75, 3.05) is 42.5 Å². The summed E-state index contributed by atoms with van der Waals surface area (Å²) in [4.78, 5) is 13.5. The Morgan fingerprint density at radius 3 is 2.50 bits per heavy atom. The molecule has 3 N–H and O–H groups in total. The van der Waals surface area contributed by atoms with Crippen molar-refractivity contribution in [3.63, 3.8) is 0 Å². The van der Waals surface area contributed by atoms with Crippen molar-refractivity contribution in [3.8, 4) is 0 Å². The highest BCUT2D eigenvalue weighted by Gasteiger charge is 2.18. The maximum Gasteiger partial charge on any atom is 0.188 e. The second-order valence-electron chi connectivity index (χ2n) is 7.45. The largest absolute Gasteiger partial charge is 0.370 e. The second-order valence-corrected chi connectivity index (χ2v) is 7.45. The number of rotatable bonds is 6. The first-order chi connectivity index (χ1) is 13.5. The van der Waals surface area contributed by atoms with Crippen molar-refractivity contribution >= 4 is 17.5 Å². The molecule has 7 heteroatoms. The minimum atomic E-state index is -0.203. The highest BCUT2D eigenvalue weighted by atomic mass is 19.1. The molecule has 2 heterocycles. The van der Waals surface area contributed by atoms with Gasteiger partial charge in [0.25, 0.3) is 0 Å². The van der Waals surface area contributed by atoms with Gasteiger partial charge in [-0.3, -0.25) is 0 Å². The zero-order chi connectivity index (χ0) is 19.9. The Balaban J connectivity index is 1.56. The van der Waals surface area contributed by atoms with Gasteiger partial charge in [0.1, 0.15) is 11.6 Å². The lowest BCUT2D eigenvalue weighted by molar-refractivity contribution is 0.621. The minimum absolute atomic E-state index is 0.203. The van der Waals surface area contributed by atoms with E-state index >= 15 is 0 Å². The van der Waals surface area contributed by atoms with Crippen LogP contribution in [0.15, 0.2) is 47.6 Å². The van der Waals surface area contributed by atoms with E-state index in [1.54, 1.807) is 0 Å². The van der Waals surface area contributed by atoms with Gasteiger partial charge in [0, 0.05) is 44.6 Å². The molecule has 0 atom stereocenters. The van der Waals surface area contributed by atoms with Crippen LogP contribution in [0.5, 0.6) is 0 Å². The Hall–Kier alpha value is -2.83. The van der Waals surface area contributed by atoms with Crippen LogP contribution in [-0.4, -0.2) is 43.7 Å². The molecule has 0 amide bonds. The molecular formula is C21H29FN6. The van der Waals surface area contributed by atoms with E-state index in [1.807, 2.05) is 24.4 Å². The number of benzene rings is 1. The summed E-state index contributed by atoms with van der Waals surface area (Å²) in [6, 6.07) is 10.7. The summed E-state index contributed by atoms with van der Waals surface area (Å²) >= 11 is 0. The molecule has 3 rings (SSSR count). The van der Waals surface area contributed by atoms with Gasteiger partial charge in [-0.15, -0.1) is 0 Å². The quantitative estimate of drug-likeness (QED) is 0.592. The van der Waals surface area contributed by atoms with Gasteiger partial charge >= 0.3 is 0 Å². The van der Waals surface area contributed by atoms with E-state index in [0.29, 0.717) is 18.4 Å². The molecule has 1 saturated heterocycles. The summed E-state index contributed by atoms with van der Waals surface area (Å²) in [5.41, 5.74) is 8.05. The number of nitrogens with two attached hydrogens (primary N) is 1. The minimum Gasteiger partial charge on any atom is -0.370 e. The van der Waals surface area contributed by atoms with Crippen LogP contribution in [0, 0.1) is 11.7 Å². The fourth-order valence-corrected chi connectivity index (χ4v) is 3.12. The molecule has 0 radical (unpaired) electrons. The van der Waals surface area contributed by atoms with Crippen molar-refractivity contribution in [3.05, 3.63) is 54.0 Å². The second kappa shape index (κ2) is 9.39. The normalized spacial score (nSPS) is 15.2. The fourth-order valence-electron chi connectivity index (χ4n) is 3.12. The lowest BCUT2D eigenvalue weighted by atomic mass is 10.2. The lowest BCUT2D eigenvalue weighted by Gasteiger charge is -2.36. The van der Waals surface area contributed by atoms with Gasteiger partial charge in [-0.1, -0.05) is 13.8 Å². The highest BCUT2D eigenvalue weighted by molar-refractivity contribution is 5.77. The van der Waals surface area contributed by atoms with E-state index in [0.717, 1.165) is 49.8 Å². The van der Waals surface area contributed by atoms with Crippen molar-refractivity contribution < 1.29 is 4.39 Å². The van der Waals surface area contributed by atoms with Crippen LogP contribution in [0.1, 0.15) is 19.4 Å². The van der Waals surface area contributed by atoms with Gasteiger partial charge < -0.3 is 20.9 Å². The van der Waals surface area contributed by atoms with Gasteiger partial charge in [0.2, 0.25) is 0 Å². The predicted octanol–water partition coefficient (Wildman–Crippen LogP) is 2.61. The number of nitrogens with zero attached hydrogens (tertiary/aromatic N) is 4. The van der Waals surface area contributed by atoms with Gasteiger partial charge in [-0.25, -0.2) is 14.4 Å². The predicted molar refractivity (Wildman–Crippen MR) is 113 cm³/mol. The number of hydrogen-bond acceptors (Lipinski definition) is 4. The number of aromatic nitrogens is 1. The number of aliphatic imine (C=N–C) groups is 1. The van der Waals surface area contributed by atoms with Crippen molar-refractivity contribution in [1.82, 2.24) is 10.3 Å². The van der Waals surface area contributed by atoms with Gasteiger partial charge in [-0.05, 0) is 47.9 Å². The van der Waals surface area contributed by atoms with Crippen LogP contribution in [0.3, 0.4) is 0 Å². The molecule has 150 valence electrons. The van der Waals surface area contributed by atoms with E-state index in [4.69, 9.17) is 5.73 Å². The molecule has 28 heavy (non-hydrogen) atoms. The summed E-state index contributed by atoms with van der Waals surface area (Å²) in [6.45, 7) is 9.10. The highest BCUT2D eigenvalue weighted by Crippen LogP contribution is 2.20. The topological polar surface area (TPSA) is 69.8 Å². The number of anilines is 2. The molecular weight excluding hydrogens is 355 g/mol. The Kier molecular flexibility index (Phi) is 6.68. The van der Waals surface area contributed by atoms with E-state index in [2.05, 4.69) is 45.0 Å². The van der Waals surface area contributed by atoms with Gasteiger partial charge in [-0.2, -0.15) is 0 Å². The summed E-state index contributed by atoms with van der Waals surface area (Å²) in [6.07, 6.45) is 1.82. The monoisotopic (exact) mass is 384 g/mol. The van der Waals surface area contributed by atoms with Crippen LogP contribution in [0.25, 0.3) is 0 Å². The molecule has 6 nitrogen and oxygen atoms in total. The first-order valence-corrected chi connectivity index (χ1v) is 9.75. The van der Waals surface area contributed by atoms with Crippen molar-refractivity contribution in [2.24, 2.45) is 16.6 Å². The van der Waals surface area contributed by atoms with Crippen LogP contribution in [0.2, 0.25) is 0 Å². The summed E-state index contributed by atoms with van der Waals surface area (Å²) in [5.74, 6) is 1.75. The molecule has 0 unspecified atom stereocenters. The third-order valence-electron chi connectivity index (χ3n) is 4.73. The molecule has 0 aliphatic carbocycles. The third-order valence-corrected chi connectivity index (χ3v) is 4.73. The molecule has 1 aliphatic rings. The number of hydrogen-bond donors (Lipinski definition) is 2. The average molecular weight is 385 g/mol. The van der Waals surface area contributed by atoms with Crippen LogP contribution in [-0.2, 0) is 6.54 Å². The van der Waals surface area contributed by atoms with E-state index in [1.165, 1.54) is 12.1 Å². The van der Waals surface area contributed by atoms with Gasteiger partial charge in [0.05, 0.1) is 6.54 Å². The number of halogens is 1. The maximum absolute atomic E-state index is 13.1.